The lowest BCUT2D eigenvalue weighted by molar-refractivity contribution is 0.0943. The van der Waals surface area contributed by atoms with Crippen LogP contribution in [0.1, 0.15) is 29.6 Å². The first-order valence-electron chi connectivity index (χ1n) is 4.49. The fraction of sp³-hybridized carbons (Fsp3) is 0.444. The minimum atomic E-state index is -0.426. The summed E-state index contributed by atoms with van der Waals surface area (Å²) in [6.45, 7) is 1.97. The van der Waals surface area contributed by atoms with Crippen molar-refractivity contribution in [3.8, 4) is 6.07 Å². The molecule has 1 atom stereocenters. The fourth-order valence-electron chi connectivity index (χ4n) is 1.04. The van der Waals surface area contributed by atoms with Crippen molar-refractivity contribution >= 4 is 33.2 Å². The molecular formula is C9H10BrN3OS. The minimum Gasteiger partial charge on any atom is -0.334 e. The van der Waals surface area contributed by atoms with E-state index in [4.69, 9.17) is 5.26 Å². The molecule has 1 amide bonds. The summed E-state index contributed by atoms with van der Waals surface area (Å²) in [5.74, 6) is -0.286. The van der Waals surface area contributed by atoms with Crippen LogP contribution in [0, 0.1) is 11.3 Å². The SMILES string of the molecule is CCCC(C#N)NC(=O)c1nc(Br)cs1. The Balaban J connectivity index is 2.59. The minimum absolute atomic E-state index is 0.286. The summed E-state index contributed by atoms with van der Waals surface area (Å²) in [5.41, 5.74) is 0. The van der Waals surface area contributed by atoms with Crippen LogP contribution in [-0.4, -0.2) is 16.9 Å². The van der Waals surface area contributed by atoms with Crippen molar-refractivity contribution in [1.29, 1.82) is 5.26 Å². The van der Waals surface area contributed by atoms with Crippen LogP contribution in [0.3, 0.4) is 0 Å². The van der Waals surface area contributed by atoms with E-state index in [1.807, 2.05) is 13.0 Å². The molecule has 1 N–H and O–H groups in total. The second-order valence-corrected chi connectivity index (χ2v) is 4.59. The molecule has 1 aromatic heterocycles. The number of hydrogen-bond acceptors (Lipinski definition) is 4. The highest BCUT2D eigenvalue weighted by Crippen LogP contribution is 2.14. The smallest absolute Gasteiger partial charge is 0.281 e. The summed E-state index contributed by atoms with van der Waals surface area (Å²) in [5, 5.41) is 13.5. The van der Waals surface area contributed by atoms with Crippen LogP contribution in [0.5, 0.6) is 0 Å². The van der Waals surface area contributed by atoms with E-state index in [-0.39, 0.29) is 5.91 Å². The molecule has 1 unspecified atom stereocenters. The molecule has 0 saturated heterocycles. The molecule has 0 aliphatic heterocycles. The molecule has 0 saturated carbocycles. The predicted octanol–water partition coefficient (Wildman–Crippen LogP) is 2.33. The highest BCUT2D eigenvalue weighted by atomic mass is 79.9. The Bertz CT molecular complexity index is 385. The van der Waals surface area contributed by atoms with Gasteiger partial charge in [0, 0.05) is 5.38 Å². The lowest BCUT2D eigenvalue weighted by atomic mass is 10.2. The van der Waals surface area contributed by atoms with E-state index in [0.29, 0.717) is 16.0 Å². The third kappa shape index (κ3) is 3.61. The molecule has 0 bridgehead atoms. The van der Waals surface area contributed by atoms with Crippen molar-refractivity contribution in [2.75, 3.05) is 0 Å². The second kappa shape index (κ2) is 5.83. The lowest BCUT2D eigenvalue weighted by Gasteiger charge is -2.08. The second-order valence-electron chi connectivity index (χ2n) is 2.92. The van der Waals surface area contributed by atoms with E-state index in [0.717, 1.165) is 6.42 Å². The van der Waals surface area contributed by atoms with E-state index in [2.05, 4.69) is 26.2 Å². The summed E-state index contributed by atoms with van der Waals surface area (Å²) in [7, 11) is 0. The number of nitrogens with zero attached hydrogens (tertiary/aromatic N) is 2. The van der Waals surface area contributed by atoms with Crippen molar-refractivity contribution in [3.05, 3.63) is 15.0 Å². The van der Waals surface area contributed by atoms with Gasteiger partial charge in [-0.25, -0.2) is 4.98 Å². The number of nitriles is 1. The van der Waals surface area contributed by atoms with Gasteiger partial charge < -0.3 is 5.32 Å². The number of carbonyl (C=O) groups excluding carboxylic acids is 1. The van der Waals surface area contributed by atoms with Crippen molar-refractivity contribution in [2.45, 2.75) is 25.8 Å². The van der Waals surface area contributed by atoms with Crippen molar-refractivity contribution < 1.29 is 4.79 Å². The first-order chi connectivity index (χ1) is 7.17. The van der Waals surface area contributed by atoms with Crippen LogP contribution in [0.2, 0.25) is 0 Å². The standard InChI is InChI=1S/C9H10BrN3OS/c1-2-3-6(4-11)12-8(14)9-13-7(10)5-15-9/h5-6H,2-3H2,1H3,(H,12,14). The number of carbonyl (C=O) groups is 1. The van der Waals surface area contributed by atoms with E-state index >= 15 is 0 Å². The number of amides is 1. The quantitative estimate of drug-likeness (QED) is 0.924. The van der Waals surface area contributed by atoms with Gasteiger partial charge in [-0.2, -0.15) is 5.26 Å². The van der Waals surface area contributed by atoms with Crippen LogP contribution < -0.4 is 5.32 Å². The normalized spacial score (nSPS) is 11.8. The average Bonchev–Trinajstić information content (AvgIpc) is 2.64. The zero-order valence-corrected chi connectivity index (χ0v) is 10.6. The molecule has 15 heavy (non-hydrogen) atoms. The molecule has 1 aromatic rings. The Morgan fingerprint density at radius 3 is 3.07 bits per heavy atom. The zero-order valence-electron chi connectivity index (χ0n) is 8.16. The number of nitrogens with one attached hydrogen (secondary N) is 1. The number of aromatic nitrogens is 1. The summed E-state index contributed by atoms with van der Waals surface area (Å²) in [6.07, 6.45) is 1.52. The predicted molar refractivity (Wildman–Crippen MR) is 61.6 cm³/mol. The molecule has 80 valence electrons. The van der Waals surface area contributed by atoms with Crippen molar-refractivity contribution in [1.82, 2.24) is 10.3 Å². The Hall–Kier alpha value is -0.930. The molecule has 4 nitrogen and oxygen atoms in total. The first-order valence-corrected chi connectivity index (χ1v) is 6.16. The lowest BCUT2D eigenvalue weighted by Crippen LogP contribution is -2.33. The molecule has 6 heteroatoms. The highest BCUT2D eigenvalue weighted by molar-refractivity contribution is 9.10. The van der Waals surface area contributed by atoms with Gasteiger partial charge in [0.15, 0.2) is 5.01 Å². The monoisotopic (exact) mass is 287 g/mol. The van der Waals surface area contributed by atoms with Gasteiger partial charge in [0.25, 0.3) is 5.91 Å². The Labute approximate surface area is 100 Å². The van der Waals surface area contributed by atoms with Crippen LogP contribution in [-0.2, 0) is 0 Å². The van der Waals surface area contributed by atoms with Crippen LogP contribution >= 0.6 is 27.3 Å². The van der Waals surface area contributed by atoms with E-state index < -0.39 is 6.04 Å². The van der Waals surface area contributed by atoms with Gasteiger partial charge in [-0.05, 0) is 22.4 Å². The fourth-order valence-corrected chi connectivity index (χ4v) is 2.19. The van der Waals surface area contributed by atoms with Gasteiger partial charge in [-0.15, -0.1) is 11.3 Å². The van der Waals surface area contributed by atoms with Gasteiger partial charge in [-0.3, -0.25) is 4.79 Å². The number of rotatable bonds is 4. The summed E-state index contributed by atoms with van der Waals surface area (Å²) < 4.78 is 0.640. The Morgan fingerprint density at radius 2 is 2.60 bits per heavy atom. The Morgan fingerprint density at radius 1 is 1.87 bits per heavy atom. The van der Waals surface area contributed by atoms with Crippen molar-refractivity contribution in [3.63, 3.8) is 0 Å². The molecule has 0 aliphatic rings. The maximum atomic E-state index is 11.6. The van der Waals surface area contributed by atoms with Crippen LogP contribution in [0.25, 0.3) is 0 Å². The highest BCUT2D eigenvalue weighted by Gasteiger charge is 2.14. The Kier molecular flexibility index (Phi) is 4.72. The van der Waals surface area contributed by atoms with Gasteiger partial charge in [-0.1, -0.05) is 13.3 Å². The van der Waals surface area contributed by atoms with Crippen molar-refractivity contribution in [2.24, 2.45) is 0 Å². The number of halogens is 1. The molecule has 1 heterocycles. The van der Waals surface area contributed by atoms with Gasteiger partial charge >= 0.3 is 0 Å². The van der Waals surface area contributed by atoms with Crippen LogP contribution in [0.4, 0.5) is 0 Å². The maximum Gasteiger partial charge on any atom is 0.281 e. The third-order valence-corrected chi connectivity index (χ3v) is 3.26. The average molecular weight is 288 g/mol. The summed E-state index contributed by atoms with van der Waals surface area (Å²) >= 11 is 4.42. The van der Waals surface area contributed by atoms with E-state index in [1.54, 1.807) is 5.38 Å². The molecule has 1 rings (SSSR count). The summed E-state index contributed by atoms with van der Waals surface area (Å²) in [6, 6.07) is 1.62. The van der Waals surface area contributed by atoms with Gasteiger partial charge in [0.2, 0.25) is 0 Å². The molecule has 0 aromatic carbocycles. The van der Waals surface area contributed by atoms with E-state index in [1.165, 1.54) is 11.3 Å². The maximum absolute atomic E-state index is 11.6. The molecule has 0 spiro atoms. The largest absolute Gasteiger partial charge is 0.334 e. The van der Waals surface area contributed by atoms with E-state index in [9.17, 15) is 4.79 Å². The first kappa shape index (κ1) is 12.1. The topological polar surface area (TPSA) is 65.8 Å². The van der Waals surface area contributed by atoms with Gasteiger partial charge in [0.05, 0.1) is 6.07 Å². The number of thiazole rings is 1. The molecule has 0 radical (unpaired) electrons. The zero-order chi connectivity index (χ0) is 11.3. The van der Waals surface area contributed by atoms with Gasteiger partial charge in [0.1, 0.15) is 10.6 Å². The summed E-state index contributed by atoms with van der Waals surface area (Å²) in [4.78, 5) is 15.5. The molecule has 0 fully saturated rings. The number of hydrogen-bond donors (Lipinski definition) is 1. The molecule has 0 aliphatic carbocycles. The third-order valence-electron chi connectivity index (χ3n) is 1.71. The molecular weight excluding hydrogens is 278 g/mol. The van der Waals surface area contributed by atoms with Crippen LogP contribution in [0.15, 0.2) is 9.98 Å².